The molecule has 0 radical (unpaired) electrons. The average Bonchev–Trinajstić information content (AvgIpc) is 2.30. The lowest BCUT2D eigenvalue weighted by molar-refractivity contribution is -0.645. The largest absolute Gasteiger partial charge is 0.618 e. The normalized spacial score (nSPS) is 10.3. The van der Waals surface area contributed by atoms with E-state index in [1.807, 2.05) is 30.3 Å². The molecule has 0 aliphatic carbocycles. The van der Waals surface area contributed by atoms with Gasteiger partial charge in [-0.15, -0.1) is 0 Å². The van der Waals surface area contributed by atoms with E-state index in [2.05, 4.69) is 0 Å². The van der Waals surface area contributed by atoms with Gasteiger partial charge in [0.05, 0.1) is 0 Å². The second-order valence-electron chi connectivity index (χ2n) is 2.99. The smallest absolute Gasteiger partial charge is 0.262 e. The third kappa shape index (κ3) is 3.07. The number of pyridine rings is 1. The van der Waals surface area contributed by atoms with Crippen LogP contribution in [0.15, 0.2) is 58.6 Å². The van der Waals surface area contributed by atoms with E-state index >= 15 is 0 Å². The van der Waals surface area contributed by atoms with Crippen molar-refractivity contribution in [3.8, 4) is 0 Å². The summed E-state index contributed by atoms with van der Waals surface area (Å²) in [5.74, 6) is 0. The first-order valence-electron chi connectivity index (χ1n) is 4.54. The highest BCUT2D eigenvalue weighted by Gasteiger charge is 2.05. The van der Waals surface area contributed by atoms with Crippen molar-refractivity contribution in [1.29, 1.82) is 0 Å². The zero-order valence-electron chi connectivity index (χ0n) is 8.17. The summed E-state index contributed by atoms with van der Waals surface area (Å²) in [6.45, 7) is 0. The zero-order valence-corrected chi connectivity index (χ0v) is 10.6. The van der Waals surface area contributed by atoms with Crippen molar-refractivity contribution in [2.75, 3.05) is 0 Å². The van der Waals surface area contributed by atoms with E-state index in [1.54, 1.807) is 12.1 Å². The maximum absolute atomic E-state index is 11.4. The SMILES string of the molecule is [O-][n+]1ccccc1SSc1ccc(Cl)cc1. The number of halogens is 1. The van der Waals surface area contributed by atoms with Gasteiger partial charge >= 0.3 is 0 Å². The highest BCUT2D eigenvalue weighted by molar-refractivity contribution is 8.76. The highest BCUT2D eigenvalue weighted by atomic mass is 35.5. The molecule has 1 heterocycles. The molecule has 0 unspecified atom stereocenters. The third-order valence-corrected chi connectivity index (χ3v) is 4.45. The van der Waals surface area contributed by atoms with E-state index in [0.29, 0.717) is 10.0 Å². The van der Waals surface area contributed by atoms with Crippen LogP contribution < -0.4 is 4.73 Å². The van der Waals surface area contributed by atoms with Crippen LogP contribution in [0, 0.1) is 5.21 Å². The van der Waals surface area contributed by atoms with Crippen LogP contribution in [-0.4, -0.2) is 0 Å². The second-order valence-corrected chi connectivity index (χ2v) is 5.64. The first kappa shape index (κ1) is 11.6. The minimum Gasteiger partial charge on any atom is -0.618 e. The van der Waals surface area contributed by atoms with Gasteiger partial charge < -0.3 is 5.21 Å². The molecule has 2 rings (SSSR count). The minimum absolute atomic E-state index is 0.669. The fourth-order valence-electron chi connectivity index (χ4n) is 1.06. The van der Waals surface area contributed by atoms with E-state index in [0.717, 1.165) is 9.63 Å². The molecule has 2 nitrogen and oxygen atoms in total. The van der Waals surface area contributed by atoms with Crippen LogP contribution in [-0.2, 0) is 0 Å². The molecule has 16 heavy (non-hydrogen) atoms. The van der Waals surface area contributed by atoms with Gasteiger partial charge in [-0.1, -0.05) is 11.6 Å². The van der Waals surface area contributed by atoms with Crippen LogP contribution in [0.25, 0.3) is 0 Å². The van der Waals surface area contributed by atoms with Crippen LogP contribution in [0.3, 0.4) is 0 Å². The van der Waals surface area contributed by atoms with Crippen molar-refractivity contribution in [3.05, 3.63) is 58.9 Å². The first-order valence-corrected chi connectivity index (χ1v) is 7.07. The molecule has 1 aromatic heterocycles. The molecule has 0 saturated heterocycles. The first-order chi connectivity index (χ1) is 7.75. The van der Waals surface area contributed by atoms with Crippen LogP contribution in [0.2, 0.25) is 5.02 Å². The minimum atomic E-state index is 0.669. The standard InChI is InChI=1S/C11H8ClNOS2/c12-9-4-6-10(7-5-9)15-16-11-3-1-2-8-13(11)14/h1-8H. The molecule has 0 atom stereocenters. The topological polar surface area (TPSA) is 26.9 Å². The van der Waals surface area contributed by atoms with Crippen LogP contribution >= 0.6 is 33.2 Å². The quantitative estimate of drug-likeness (QED) is 0.482. The van der Waals surface area contributed by atoms with Crippen molar-refractivity contribution in [3.63, 3.8) is 0 Å². The summed E-state index contributed by atoms with van der Waals surface area (Å²) in [6, 6.07) is 12.9. The third-order valence-electron chi connectivity index (χ3n) is 1.83. The summed E-state index contributed by atoms with van der Waals surface area (Å²) in [5, 5.41) is 12.7. The Kier molecular flexibility index (Phi) is 3.98. The fraction of sp³-hybridized carbons (Fsp3) is 0. The van der Waals surface area contributed by atoms with Gasteiger partial charge in [0.2, 0.25) is 0 Å². The molecule has 2 aromatic rings. The van der Waals surface area contributed by atoms with Crippen LogP contribution in [0.1, 0.15) is 0 Å². The van der Waals surface area contributed by atoms with Crippen molar-refractivity contribution in [2.45, 2.75) is 9.92 Å². The summed E-state index contributed by atoms with van der Waals surface area (Å²) in [7, 11) is 2.96. The molecule has 0 amide bonds. The molecule has 0 bridgehead atoms. The summed E-state index contributed by atoms with van der Waals surface area (Å²) in [5.41, 5.74) is 0. The van der Waals surface area contributed by atoms with Crippen LogP contribution in [0.5, 0.6) is 0 Å². The van der Waals surface area contributed by atoms with Gasteiger partial charge in [-0.25, -0.2) is 0 Å². The Hall–Kier alpha value is -0.840. The molecule has 0 N–H and O–H groups in total. The molecule has 0 saturated carbocycles. The molecule has 82 valence electrons. The Balaban J connectivity index is 2.02. The van der Waals surface area contributed by atoms with Gasteiger partial charge in [-0.2, -0.15) is 4.73 Å². The van der Waals surface area contributed by atoms with E-state index in [1.165, 1.54) is 27.8 Å². The molecule has 5 heteroatoms. The summed E-state index contributed by atoms with van der Waals surface area (Å²) >= 11 is 5.78. The zero-order chi connectivity index (χ0) is 11.4. The number of aromatic nitrogens is 1. The molecule has 1 aromatic carbocycles. The van der Waals surface area contributed by atoms with Crippen molar-refractivity contribution in [2.24, 2.45) is 0 Å². The predicted octanol–water partition coefficient (Wildman–Crippen LogP) is 3.77. The number of nitrogens with zero attached hydrogens (tertiary/aromatic N) is 1. The monoisotopic (exact) mass is 269 g/mol. The molecule has 0 aliphatic rings. The van der Waals surface area contributed by atoms with E-state index in [-0.39, 0.29) is 0 Å². The molecule has 0 fully saturated rings. The van der Waals surface area contributed by atoms with E-state index < -0.39 is 0 Å². The van der Waals surface area contributed by atoms with Crippen LogP contribution in [0.4, 0.5) is 0 Å². The number of rotatable bonds is 3. The molecule has 0 aliphatic heterocycles. The number of benzene rings is 1. The predicted molar refractivity (Wildman–Crippen MR) is 68.6 cm³/mol. The number of hydrogen-bond donors (Lipinski definition) is 0. The van der Waals surface area contributed by atoms with E-state index in [9.17, 15) is 5.21 Å². The Bertz CT molecular complexity index is 476. The molecular weight excluding hydrogens is 262 g/mol. The Morgan fingerprint density at radius 1 is 1.00 bits per heavy atom. The van der Waals surface area contributed by atoms with Gasteiger partial charge in [0.1, 0.15) is 0 Å². The lowest BCUT2D eigenvalue weighted by Gasteiger charge is -2.02. The highest BCUT2D eigenvalue weighted by Crippen LogP contribution is 2.35. The number of hydrogen-bond acceptors (Lipinski definition) is 3. The maximum atomic E-state index is 11.4. The van der Waals surface area contributed by atoms with E-state index in [4.69, 9.17) is 11.6 Å². The van der Waals surface area contributed by atoms with Crippen molar-refractivity contribution < 1.29 is 4.73 Å². The van der Waals surface area contributed by atoms with Gasteiger partial charge in [0.25, 0.3) is 5.03 Å². The fourth-order valence-corrected chi connectivity index (χ4v) is 3.15. The maximum Gasteiger partial charge on any atom is 0.262 e. The summed E-state index contributed by atoms with van der Waals surface area (Å²) in [6.07, 6.45) is 1.49. The lowest BCUT2D eigenvalue weighted by atomic mass is 10.4. The van der Waals surface area contributed by atoms with Gasteiger partial charge in [-0.3, -0.25) is 0 Å². The molecule has 0 spiro atoms. The van der Waals surface area contributed by atoms with Gasteiger partial charge in [0.15, 0.2) is 6.20 Å². The Morgan fingerprint density at radius 2 is 1.75 bits per heavy atom. The Labute approximate surface area is 107 Å². The van der Waals surface area contributed by atoms with Crippen molar-refractivity contribution in [1.82, 2.24) is 0 Å². The average molecular weight is 270 g/mol. The Morgan fingerprint density at radius 3 is 2.44 bits per heavy atom. The summed E-state index contributed by atoms with van der Waals surface area (Å²) in [4.78, 5) is 1.07. The summed E-state index contributed by atoms with van der Waals surface area (Å²) < 4.78 is 0.855. The second kappa shape index (κ2) is 5.48. The lowest BCUT2D eigenvalue weighted by Crippen LogP contribution is -2.27. The van der Waals surface area contributed by atoms with Gasteiger partial charge in [-0.05, 0) is 41.1 Å². The van der Waals surface area contributed by atoms with Gasteiger partial charge in [0, 0.05) is 32.8 Å². The molecular formula is C11H8ClNOS2. The van der Waals surface area contributed by atoms with Crippen molar-refractivity contribution >= 4 is 33.2 Å².